The predicted octanol–water partition coefficient (Wildman–Crippen LogP) is 8.46. The first-order valence-corrected chi connectivity index (χ1v) is 11.0. The summed E-state index contributed by atoms with van der Waals surface area (Å²) in [7, 11) is 0. The zero-order valence-electron chi connectivity index (χ0n) is 16.5. The van der Waals surface area contributed by atoms with Gasteiger partial charge >= 0.3 is 0 Å². The summed E-state index contributed by atoms with van der Waals surface area (Å²) in [4.78, 5) is 0. The monoisotopic (exact) mass is 320 g/mol. The summed E-state index contributed by atoms with van der Waals surface area (Å²) in [6.07, 6.45) is 25.6. The fourth-order valence-electron chi connectivity index (χ4n) is 4.16. The second kappa shape index (κ2) is 14.1. The molecule has 0 bridgehead atoms. The average molecular weight is 321 g/mol. The smallest absolute Gasteiger partial charge is 0.0232 e. The Labute approximate surface area is 147 Å². The van der Waals surface area contributed by atoms with E-state index in [9.17, 15) is 0 Å². The van der Waals surface area contributed by atoms with Crippen LogP contribution >= 0.6 is 0 Å². The van der Waals surface area contributed by atoms with E-state index in [0.717, 1.165) is 11.8 Å². The molecule has 0 aliphatic heterocycles. The molecular weight excluding hydrogens is 276 g/mol. The first-order valence-electron chi connectivity index (χ1n) is 11.0. The highest BCUT2D eigenvalue weighted by Gasteiger charge is 2.12. The fourth-order valence-corrected chi connectivity index (χ4v) is 4.16. The van der Waals surface area contributed by atoms with E-state index in [2.05, 4.69) is 26.8 Å². The van der Waals surface area contributed by atoms with Crippen LogP contribution in [-0.2, 0) is 0 Å². The van der Waals surface area contributed by atoms with Crippen LogP contribution < -0.4 is 0 Å². The molecular formula is C23H44. The topological polar surface area (TPSA) is 0 Å². The Kier molecular flexibility index (Phi) is 12.8. The van der Waals surface area contributed by atoms with Gasteiger partial charge in [0.2, 0.25) is 0 Å². The van der Waals surface area contributed by atoms with E-state index in [0.29, 0.717) is 0 Å². The minimum atomic E-state index is 0.830. The van der Waals surface area contributed by atoms with Crippen molar-refractivity contribution in [3.63, 3.8) is 0 Å². The zero-order valence-corrected chi connectivity index (χ0v) is 16.5. The number of hydrogen-bond acceptors (Lipinski definition) is 0. The van der Waals surface area contributed by atoms with Gasteiger partial charge in [-0.3, -0.25) is 0 Å². The van der Waals surface area contributed by atoms with Crippen molar-refractivity contribution in [1.29, 1.82) is 0 Å². The van der Waals surface area contributed by atoms with Gasteiger partial charge in [-0.1, -0.05) is 103 Å². The molecule has 0 heterocycles. The Balaban J connectivity index is 2.53. The van der Waals surface area contributed by atoms with Crippen molar-refractivity contribution in [2.75, 3.05) is 0 Å². The highest BCUT2D eigenvalue weighted by atomic mass is 14.2. The molecule has 0 aromatic rings. The van der Waals surface area contributed by atoms with Crippen LogP contribution in [0.2, 0.25) is 0 Å². The van der Waals surface area contributed by atoms with Gasteiger partial charge in [0.25, 0.3) is 0 Å². The van der Waals surface area contributed by atoms with E-state index >= 15 is 0 Å². The predicted molar refractivity (Wildman–Crippen MR) is 106 cm³/mol. The van der Waals surface area contributed by atoms with Gasteiger partial charge in [-0.25, -0.2) is 0 Å². The highest BCUT2D eigenvalue weighted by Crippen LogP contribution is 2.28. The largest absolute Gasteiger partial charge is 0.0851 e. The van der Waals surface area contributed by atoms with Crippen LogP contribution in [-0.4, -0.2) is 0 Å². The number of rotatable bonds is 8. The minimum Gasteiger partial charge on any atom is -0.0851 e. The maximum absolute atomic E-state index is 2.66. The summed E-state index contributed by atoms with van der Waals surface area (Å²) in [5.74, 6) is 1.83. The maximum Gasteiger partial charge on any atom is -0.0232 e. The number of hydrogen-bond donors (Lipinski definition) is 0. The SMILES string of the molecule is CCCCCC1CC/C=C(/C(C)CCCC)CCCCCCC1. The molecule has 2 unspecified atom stereocenters. The summed E-state index contributed by atoms with van der Waals surface area (Å²) in [6, 6.07) is 0. The van der Waals surface area contributed by atoms with Gasteiger partial charge in [0.1, 0.15) is 0 Å². The number of unbranched alkanes of at least 4 members (excludes halogenated alkanes) is 3. The molecule has 1 aliphatic rings. The van der Waals surface area contributed by atoms with E-state index in [4.69, 9.17) is 0 Å². The molecule has 0 heteroatoms. The number of allylic oxidation sites excluding steroid dienone is 2. The van der Waals surface area contributed by atoms with E-state index < -0.39 is 0 Å². The van der Waals surface area contributed by atoms with Crippen molar-refractivity contribution < 1.29 is 0 Å². The van der Waals surface area contributed by atoms with Gasteiger partial charge in [-0.05, 0) is 43.9 Å². The van der Waals surface area contributed by atoms with Crippen molar-refractivity contribution in [2.24, 2.45) is 11.8 Å². The van der Waals surface area contributed by atoms with Gasteiger partial charge in [-0.15, -0.1) is 0 Å². The lowest BCUT2D eigenvalue weighted by Gasteiger charge is -2.20. The average Bonchev–Trinajstić information content (AvgIpc) is 2.54. The molecule has 1 rings (SSSR count). The molecule has 23 heavy (non-hydrogen) atoms. The van der Waals surface area contributed by atoms with E-state index in [1.165, 1.54) is 103 Å². The molecule has 0 saturated carbocycles. The third-order valence-electron chi connectivity index (χ3n) is 5.90. The van der Waals surface area contributed by atoms with Crippen molar-refractivity contribution in [3.05, 3.63) is 11.6 Å². The molecule has 0 N–H and O–H groups in total. The minimum absolute atomic E-state index is 0.830. The first kappa shape index (κ1) is 20.8. The van der Waals surface area contributed by atoms with Crippen LogP contribution in [0.1, 0.15) is 124 Å². The summed E-state index contributed by atoms with van der Waals surface area (Å²) >= 11 is 0. The van der Waals surface area contributed by atoms with Crippen LogP contribution in [0.15, 0.2) is 11.6 Å². The molecule has 0 spiro atoms. The normalized spacial score (nSPS) is 25.0. The lowest BCUT2D eigenvalue weighted by Crippen LogP contribution is -2.04. The zero-order chi connectivity index (χ0) is 16.8. The molecule has 0 saturated heterocycles. The molecule has 0 aromatic carbocycles. The van der Waals surface area contributed by atoms with Crippen molar-refractivity contribution in [2.45, 2.75) is 124 Å². The Morgan fingerprint density at radius 2 is 1.65 bits per heavy atom. The third-order valence-corrected chi connectivity index (χ3v) is 5.90. The quantitative estimate of drug-likeness (QED) is 0.311. The third kappa shape index (κ3) is 10.3. The second-order valence-electron chi connectivity index (χ2n) is 8.07. The Bertz CT molecular complexity index is 288. The Morgan fingerprint density at radius 1 is 0.913 bits per heavy atom. The summed E-state index contributed by atoms with van der Waals surface area (Å²) in [5, 5.41) is 0. The highest BCUT2D eigenvalue weighted by molar-refractivity contribution is 5.06. The standard InChI is InChI=1S/C23H44/c1-4-6-11-16-22-17-12-9-8-10-13-19-23(20-14-18-22)21(3)15-7-5-2/h20-22H,4-19H2,1-3H3/b23-20+. The Morgan fingerprint density at radius 3 is 2.43 bits per heavy atom. The van der Waals surface area contributed by atoms with Gasteiger partial charge in [0, 0.05) is 0 Å². The van der Waals surface area contributed by atoms with E-state index in [1.807, 2.05) is 0 Å². The van der Waals surface area contributed by atoms with Crippen molar-refractivity contribution in [1.82, 2.24) is 0 Å². The molecule has 0 radical (unpaired) electrons. The molecule has 1 aliphatic carbocycles. The molecule has 0 aromatic heterocycles. The summed E-state index contributed by atoms with van der Waals surface area (Å²) < 4.78 is 0. The van der Waals surface area contributed by atoms with Gasteiger partial charge in [-0.2, -0.15) is 0 Å². The fraction of sp³-hybridized carbons (Fsp3) is 0.913. The first-order chi connectivity index (χ1) is 11.3. The van der Waals surface area contributed by atoms with Gasteiger partial charge in [0.15, 0.2) is 0 Å². The molecule has 0 amide bonds. The second-order valence-corrected chi connectivity index (χ2v) is 8.07. The molecule has 0 nitrogen and oxygen atoms in total. The Hall–Kier alpha value is -0.260. The van der Waals surface area contributed by atoms with Crippen LogP contribution in [0.3, 0.4) is 0 Å². The van der Waals surface area contributed by atoms with Gasteiger partial charge < -0.3 is 0 Å². The van der Waals surface area contributed by atoms with Gasteiger partial charge in [0.05, 0.1) is 0 Å². The molecule has 136 valence electrons. The van der Waals surface area contributed by atoms with E-state index in [-0.39, 0.29) is 0 Å². The molecule has 2 atom stereocenters. The maximum atomic E-state index is 2.66. The summed E-state index contributed by atoms with van der Waals surface area (Å²) in [6.45, 7) is 7.13. The molecule has 0 fully saturated rings. The summed E-state index contributed by atoms with van der Waals surface area (Å²) in [5.41, 5.74) is 1.80. The van der Waals surface area contributed by atoms with E-state index in [1.54, 1.807) is 5.57 Å². The lowest BCUT2D eigenvalue weighted by molar-refractivity contribution is 0.382. The lowest BCUT2D eigenvalue weighted by atomic mass is 9.86. The van der Waals surface area contributed by atoms with Crippen LogP contribution in [0.5, 0.6) is 0 Å². The van der Waals surface area contributed by atoms with Crippen LogP contribution in [0.4, 0.5) is 0 Å². The van der Waals surface area contributed by atoms with Crippen LogP contribution in [0, 0.1) is 11.8 Å². The van der Waals surface area contributed by atoms with Crippen LogP contribution in [0.25, 0.3) is 0 Å². The van der Waals surface area contributed by atoms with Crippen molar-refractivity contribution in [3.8, 4) is 0 Å². The van der Waals surface area contributed by atoms with Crippen molar-refractivity contribution >= 4 is 0 Å².